The fourth-order valence-corrected chi connectivity index (χ4v) is 1.77. The zero-order valence-electron chi connectivity index (χ0n) is 10.4. The quantitative estimate of drug-likeness (QED) is 0.622. The highest BCUT2D eigenvalue weighted by molar-refractivity contribution is 6.12. The predicted molar refractivity (Wildman–Crippen MR) is 64.3 cm³/mol. The Morgan fingerprint density at radius 2 is 2.00 bits per heavy atom. The van der Waals surface area contributed by atoms with Crippen LogP contribution >= 0.6 is 0 Å². The van der Waals surface area contributed by atoms with E-state index in [1.807, 2.05) is 6.92 Å². The first-order valence-corrected chi connectivity index (χ1v) is 6.06. The molecule has 2 N–H and O–H groups in total. The van der Waals surface area contributed by atoms with Crippen LogP contribution in [0.15, 0.2) is 12.2 Å². The van der Waals surface area contributed by atoms with E-state index in [1.165, 1.54) is 12.2 Å². The van der Waals surface area contributed by atoms with E-state index >= 15 is 0 Å². The fraction of sp³-hybridized carbons (Fsp3) is 0.583. The number of hydrogen-bond donors (Lipinski definition) is 2. The number of carbonyl (C=O) groups excluding carboxylic acids is 2. The summed E-state index contributed by atoms with van der Waals surface area (Å²) >= 11 is 0. The third-order valence-corrected chi connectivity index (χ3v) is 2.93. The molecule has 0 fully saturated rings. The van der Waals surface area contributed by atoms with Crippen LogP contribution in [0.3, 0.4) is 0 Å². The Labute approximate surface area is 106 Å². The van der Waals surface area contributed by atoms with Gasteiger partial charge in [0.05, 0.1) is 0 Å². The summed E-state index contributed by atoms with van der Waals surface area (Å²) in [5, 5.41) is 9.54. The Bertz CT molecular complexity index is 347. The van der Waals surface area contributed by atoms with Crippen molar-refractivity contribution in [3.63, 3.8) is 0 Å². The first kappa shape index (κ1) is 14.4. The van der Waals surface area contributed by atoms with Crippen LogP contribution in [0.4, 0.5) is 0 Å². The number of amides is 2. The van der Waals surface area contributed by atoms with Gasteiger partial charge in [0.1, 0.15) is 0 Å². The molecule has 1 unspecified atom stereocenters. The van der Waals surface area contributed by atoms with E-state index in [-0.39, 0.29) is 24.2 Å². The molecular formula is C12H18N2O4. The molecule has 2 amide bonds. The fourth-order valence-electron chi connectivity index (χ4n) is 1.77. The van der Waals surface area contributed by atoms with Gasteiger partial charge in [-0.15, -0.1) is 0 Å². The number of hydrogen-bond acceptors (Lipinski definition) is 4. The summed E-state index contributed by atoms with van der Waals surface area (Å²) in [7, 11) is 0. The lowest BCUT2D eigenvalue weighted by atomic mass is 9.99. The highest BCUT2D eigenvalue weighted by atomic mass is 16.4. The van der Waals surface area contributed by atoms with Crippen LogP contribution in [0.2, 0.25) is 0 Å². The lowest BCUT2D eigenvalue weighted by Gasteiger charge is -2.20. The van der Waals surface area contributed by atoms with Gasteiger partial charge >= 0.3 is 5.97 Å². The Morgan fingerprint density at radius 1 is 1.39 bits per heavy atom. The van der Waals surface area contributed by atoms with Crippen LogP contribution in [0.1, 0.15) is 32.6 Å². The second-order valence-electron chi connectivity index (χ2n) is 4.27. The summed E-state index contributed by atoms with van der Waals surface area (Å²) in [6.07, 6.45) is 4.84. The van der Waals surface area contributed by atoms with E-state index in [0.29, 0.717) is 13.0 Å². The molecule has 18 heavy (non-hydrogen) atoms. The average molecular weight is 254 g/mol. The van der Waals surface area contributed by atoms with E-state index in [0.717, 1.165) is 17.9 Å². The summed E-state index contributed by atoms with van der Waals surface area (Å²) in [5.41, 5.74) is 2.79. The lowest BCUT2D eigenvalue weighted by Crippen LogP contribution is -2.44. The number of carbonyl (C=O) groups is 3. The van der Waals surface area contributed by atoms with Crippen LogP contribution in [-0.2, 0) is 14.4 Å². The first-order valence-electron chi connectivity index (χ1n) is 6.06. The number of rotatable bonds is 8. The number of carboxylic acid groups (broad SMARTS) is 1. The number of nitrogens with one attached hydrogen (secondary N) is 1. The Kier molecular flexibility index (Phi) is 5.51. The first-order chi connectivity index (χ1) is 8.54. The smallest absolute Gasteiger partial charge is 0.303 e. The van der Waals surface area contributed by atoms with Crippen molar-refractivity contribution < 1.29 is 19.5 Å². The molecule has 6 nitrogen and oxygen atoms in total. The maximum absolute atomic E-state index is 11.3. The minimum Gasteiger partial charge on any atom is -0.481 e. The monoisotopic (exact) mass is 254 g/mol. The standard InChI is InChI=1S/C12H18N2O4/c1-2-9(4-3-5-12(17)18)8-13-14-10(15)6-7-11(14)16/h6-7,9,13H,2-5,8H2,1H3,(H,17,18). The topological polar surface area (TPSA) is 86.7 Å². The predicted octanol–water partition coefficient (Wildman–Crippen LogP) is 0.697. The maximum atomic E-state index is 11.3. The minimum absolute atomic E-state index is 0.152. The number of carboxylic acids is 1. The molecule has 1 atom stereocenters. The molecule has 1 heterocycles. The third-order valence-electron chi connectivity index (χ3n) is 2.93. The highest BCUT2D eigenvalue weighted by Crippen LogP contribution is 2.12. The van der Waals surface area contributed by atoms with E-state index in [1.54, 1.807) is 0 Å². The summed E-state index contributed by atoms with van der Waals surface area (Å²) in [6, 6.07) is 0. The van der Waals surface area contributed by atoms with Gasteiger partial charge in [0.2, 0.25) is 0 Å². The van der Waals surface area contributed by atoms with Gasteiger partial charge < -0.3 is 5.11 Å². The van der Waals surface area contributed by atoms with Crippen LogP contribution in [0.5, 0.6) is 0 Å². The van der Waals surface area contributed by atoms with Gasteiger partial charge in [0.15, 0.2) is 0 Å². The van der Waals surface area contributed by atoms with Crippen LogP contribution < -0.4 is 5.43 Å². The van der Waals surface area contributed by atoms with Gasteiger partial charge in [0.25, 0.3) is 11.8 Å². The Hall–Kier alpha value is -1.69. The van der Waals surface area contributed by atoms with Gasteiger partial charge in [-0.05, 0) is 18.8 Å². The zero-order valence-corrected chi connectivity index (χ0v) is 10.4. The van der Waals surface area contributed by atoms with Crippen molar-refractivity contribution in [2.45, 2.75) is 32.6 Å². The lowest BCUT2D eigenvalue weighted by molar-refractivity contribution is -0.140. The molecule has 1 aliphatic heterocycles. The molecule has 0 radical (unpaired) electrons. The molecule has 1 rings (SSSR count). The second kappa shape index (κ2) is 6.90. The summed E-state index contributed by atoms with van der Waals surface area (Å²) in [6.45, 7) is 2.49. The van der Waals surface area contributed by atoms with Crippen molar-refractivity contribution in [2.24, 2.45) is 5.92 Å². The van der Waals surface area contributed by atoms with Crippen LogP contribution in [0, 0.1) is 5.92 Å². The van der Waals surface area contributed by atoms with Crippen molar-refractivity contribution in [1.29, 1.82) is 0 Å². The summed E-state index contributed by atoms with van der Waals surface area (Å²) in [5.74, 6) is -1.27. The van der Waals surface area contributed by atoms with Gasteiger partial charge in [-0.2, -0.15) is 0 Å². The second-order valence-corrected chi connectivity index (χ2v) is 4.27. The van der Waals surface area contributed by atoms with Crippen molar-refractivity contribution in [2.75, 3.05) is 6.54 Å². The van der Waals surface area contributed by atoms with E-state index in [2.05, 4.69) is 5.43 Å². The third kappa shape index (κ3) is 4.29. The number of aliphatic carboxylic acids is 1. The molecule has 0 bridgehead atoms. The van der Waals surface area contributed by atoms with Gasteiger partial charge in [0, 0.05) is 25.1 Å². The van der Waals surface area contributed by atoms with Crippen molar-refractivity contribution in [3.8, 4) is 0 Å². The number of nitrogens with zero attached hydrogens (tertiary/aromatic N) is 1. The molecule has 0 aromatic heterocycles. The Balaban J connectivity index is 2.29. The van der Waals surface area contributed by atoms with E-state index < -0.39 is 5.97 Å². The maximum Gasteiger partial charge on any atom is 0.303 e. The summed E-state index contributed by atoms with van der Waals surface area (Å²) < 4.78 is 0. The van der Waals surface area contributed by atoms with Crippen LogP contribution in [-0.4, -0.2) is 34.4 Å². The summed E-state index contributed by atoms with van der Waals surface area (Å²) in [4.78, 5) is 32.9. The molecule has 0 aromatic rings. The van der Waals surface area contributed by atoms with E-state index in [4.69, 9.17) is 5.11 Å². The van der Waals surface area contributed by atoms with E-state index in [9.17, 15) is 14.4 Å². The molecule has 0 spiro atoms. The Morgan fingerprint density at radius 3 is 2.50 bits per heavy atom. The molecule has 0 aliphatic carbocycles. The van der Waals surface area contributed by atoms with Gasteiger partial charge in [-0.25, -0.2) is 10.4 Å². The van der Waals surface area contributed by atoms with Gasteiger partial charge in [-0.3, -0.25) is 14.4 Å². The van der Waals surface area contributed by atoms with Crippen molar-refractivity contribution >= 4 is 17.8 Å². The van der Waals surface area contributed by atoms with Crippen LogP contribution in [0.25, 0.3) is 0 Å². The molecule has 0 aromatic carbocycles. The molecular weight excluding hydrogens is 236 g/mol. The average Bonchev–Trinajstić information content (AvgIpc) is 2.63. The zero-order chi connectivity index (χ0) is 13.5. The molecule has 100 valence electrons. The molecule has 1 aliphatic rings. The number of imide groups is 1. The normalized spacial score (nSPS) is 16.4. The van der Waals surface area contributed by atoms with Crippen molar-refractivity contribution in [1.82, 2.24) is 10.4 Å². The molecule has 0 saturated heterocycles. The molecule has 0 saturated carbocycles. The minimum atomic E-state index is -0.799. The largest absolute Gasteiger partial charge is 0.481 e. The highest BCUT2D eigenvalue weighted by Gasteiger charge is 2.23. The number of hydrazine groups is 1. The SMILES string of the molecule is CCC(CCCC(=O)O)CNN1C(=O)C=CC1=O. The molecule has 6 heteroatoms. The van der Waals surface area contributed by atoms with Crippen molar-refractivity contribution in [3.05, 3.63) is 12.2 Å². The van der Waals surface area contributed by atoms with Gasteiger partial charge in [-0.1, -0.05) is 13.3 Å².